The van der Waals surface area contributed by atoms with Gasteiger partial charge in [-0.05, 0) is 6.07 Å². The van der Waals surface area contributed by atoms with E-state index in [1.54, 1.807) is 0 Å². The lowest BCUT2D eigenvalue weighted by Crippen LogP contribution is -1.82. The molecule has 0 aliphatic heterocycles. The van der Waals surface area contributed by atoms with E-state index in [2.05, 4.69) is 0 Å². The molecule has 1 aromatic rings. The Balaban J connectivity index is 3.31. The van der Waals surface area contributed by atoms with E-state index in [-0.39, 0.29) is 5.02 Å². The highest BCUT2D eigenvalue weighted by Gasteiger charge is 2.07. The molecule has 1 aromatic carbocycles. The standard InChI is InChI=1S/C6HCl2F2/c7-3-1-4(9)6(8)5(10)2-3/h1H. The molecule has 0 nitrogen and oxygen atoms in total. The van der Waals surface area contributed by atoms with Gasteiger partial charge < -0.3 is 0 Å². The summed E-state index contributed by atoms with van der Waals surface area (Å²) in [5.74, 6) is -1.84. The zero-order valence-corrected chi connectivity index (χ0v) is 6.10. The summed E-state index contributed by atoms with van der Waals surface area (Å²) in [5.41, 5.74) is 0. The van der Waals surface area contributed by atoms with Crippen molar-refractivity contribution >= 4 is 23.2 Å². The lowest BCUT2D eigenvalue weighted by molar-refractivity contribution is 0.583. The van der Waals surface area contributed by atoms with Crippen LogP contribution in [0.25, 0.3) is 0 Å². The summed E-state index contributed by atoms with van der Waals surface area (Å²) in [6, 6.07) is 2.90. The number of benzene rings is 1. The second-order valence-corrected chi connectivity index (χ2v) is 2.38. The van der Waals surface area contributed by atoms with E-state index in [1.165, 1.54) is 0 Å². The third-order valence-corrected chi connectivity index (χ3v) is 1.44. The van der Waals surface area contributed by atoms with Crippen LogP contribution < -0.4 is 0 Å². The van der Waals surface area contributed by atoms with E-state index in [0.717, 1.165) is 6.07 Å². The maximum absolute atomic E-state index is 12.4. The van der Waals surface area contributed by atoms with Gasteiger partial charge in [0, 0.05) is 6.07 Å². The molecule has 0 aromatic heterocycles. The first kappa shape index (κ1) is 7.76. The van der Waals surface area contributed by atoms with Gasteiger partial charge in [0.15, 0.2) is 5.82 Å². The molecule has 0 fully saturated rings. The van der Waals surface area contributed by atoms with Gasteiger partial charge in [0.25, 0.3) is 0 Å². The molecule has 0 saturated heterocycles. The molecule has 10 heavy (non-hydrogen) atoms. The van der Waals surface area contributed by atoms with Gasteiger partial charge in [0.05, 0.1) is 5.02 Å². The summed E-state index contributed by atoms with van der Waals surface area (Å²) >= 11 is 10.3. The van der Waals surface area contributed by atoms with Crippen molar-refractivity contribution in [3.63, 3.8) is 0 Å². The normalized spacial score (nSPS) is 10.0. The van der Waals surface area contributed by atoms with Crippen LogP contribution in [-0.4, -0.2) is 0 Å². The van der Waals surface area contributed by atoms with E-state index in [1.807, 2.05) is 6.07 Å². The van der Waals surface area contributed by atoms with Crippen LogP contribution in [0.5, 0.6) is 0 Å². The molecule has 0 amide bonds. The third-order valence-electron chi connectivity index (χ3n) is 0.885. The van der Waals surface area contributed by atoms with E-state index in [0.29, 0.717) is 0 Å². The second-order valence-electron chi connectivity index (χ2n) is 1.59. The first-order valence-corrected chi connectivity index (χ1v) is 3.09. The number of hydrogen-bond donors (Lipinski definition) is 0. The first-order chi connectivity index (χ1) is 4.61. The minimum Gasteiger partial charge on any atom is -0.205 e. The maximum atomic E-state index is 12.4. The Hall–Kier alpha value is -0.340. The molecule has 53 valence electrons. The topological polar surface area (TPSA) is 0 Å². The Labute approximate surface area is 66.4 Å². The zero-order valence-electron chi connectivity index (χ0n) is 4.59. The van der Waals surface area contributed by atoms with Crippen LogP contribution in [-0.2, 0) is 0 Å². The summed E-state index contributed by atoms with van der Waals surface area (Å²) < 4.78 is 24.7. The lowest BCUT2D eigenvalue weighted by Gasteiger charge is -1.94. The Kier molecular flexibility index (Phi) is 2.11. The zero-order chi connectivity index (χ0) is 7.72. The van der Waals surface area contributed by atoms with Crippen LogP contribution in [0, 0.1) is 17.7 Å². The van der Waals surface area contributed by atoms with Crippen molar-refractivity contribution in [2.45, 2.75) is 0 Å². The highest BCUT2D eigenvalue weighted by molar-refractivity contribution is 6.33. The molecule has 0 aliphatic rings. The average Bonchev–Trinajstić information content (AvgIpc) is 1.82. The van der Waals surface area contributed by atoms with Gasteiger partial charge in [-0.3, -0.25) is 0 Å². The van der Waals surface area contributed by atoms with Crippen molar-refractivity contribution in [2.75, 3.05) is 0 Å². The minimum absolute atomic E-state index is 0.126. The van der Waals surface area contributed by atoms with Crippen LogP contribution in [0.2, 0.25) is 10.0 Å². The van der Waals surface area contributed by atoms with Crippen molar-refractivity contribution in [3.8, 4) is 0 Å². The number of halogens is 4. The van der Waals surface area contributed by atoms with Gasteiger partial charge >= 0.3 is 0 Å². The van der Waals surface area contributed by atoms with Crippen LogP contribution in [0.4, 0.5) is 8.78 Å². The smallest absolute Gasteiger partial charge is 0.154 e. The Morgan fingerprint density at radius 1 is 1.30 bits per heavy atom. The van der Waals surface area contributed by atoms with Gasteiger partial charge in [0.2, 0.25) is 0 Å². The quantitative estimate of drug-likeness (QED) is 0.427. The summed E-state index contributed by atoms with van der Waals surface area (Å²) in [6.07, 6.45) is 0. The van der Waals surface area contributed by atoms with Gasteiger partial charge in [-0.1, -0.05) is 23.2 Å². The Morgan fingerprint density at radius 2 is 1.90 bits per heavy atom. The van der Waals surface area contributed by atoms with Gasteiger partial charge in [-0.25, -0.2) is 8.78 Å². The summed E-state index contributed by atoms with van der Waals surface area (Å²) in [7, 11) is 0. The van der Waals surface area contributed by atoms with Crippen LogP contribution in [0.15, 0.2) is 6.07 Å². The van der Waals surface area contributed by atoms with Gasteiger partial charge in [-0.15, -0.1) is 0 Å². The molecule has 4 heteroatoms. The molecule has 0 bridgehead atoms. The molecular formula is C6HCl2F2. The Bertz CT molecular complexity index is 237. The van der Waals surface area contributed by atoms with Crippen molar-refractivity contribution in [1.82, 2.24) is 0 Å². The largest absolute Gasteiger partial charge is 0.205 e. The molecule has 0 aliphatic carbocycles. The van der Waals surface area contributed by atoms with E-state index in [9.17, 15) is 8.78 Å². The fourth-order valence-electron chi connectivity index (χ4n) is 0.475. The molecule has 1 radical (unpaired) electrons. The highest BCUT2D eigenvalue weighted by atomic mass is 35.5. The van der Waals surface area contributed by atoms with E-state index < -0.39 is 16.7 Å². The molecule has 0 N–H and O–H groups in total. The van der Waals surface area contributed by atoms with Crippen molar-refractivity contribution in [2.24, 2.45) is 0 Å². The monoisotopic (exact) mass is 181 g/mol. The minimum atomic E-state index is -0.966. The van der Waals surface area contributed by atoms with Crippen molar-refractivity contribution < 1.29 is 8.78 Å². The predicted molar refractivity (Wildman–Crippen MR) is 35.2 cm³/mol. The molecule has 0 heterocycles. The Morgan fingerprint density at radius 3 is 2.40 bits per heavy atom. The lowest BCUT2D eigenvalue weighted by atomic mass is 10.3. The average molecular weight is 182 g/mol. The molecular weight excluding hydrogens is 181 g/mol. The summed E-state index contributed by atoms with van der Waals surface area (Å²) in [6.45, 7) is 0. The van der Waals surface area contributed by atoms with Crippen LogP contribution >= 0.6 is 23.2 Å². The predicted octanol–water partition coefficient (Wildman–Crippen LogP) is 3.07. The molecule has 0 unspecified atom stereocenters. The SMILES string of the molecule is Fc1[c]c(Cl)cc(F)c1Cl. The fraction of sp³-hybridized carbons (Fsp3) is 0. The van der Waals surface area contributed by atoms with Gasteiger partial charge in [0.1, 0.15) is 10.8 Å². The van der Waals surface area contributed by atoms with Crippen LogP contribution in [0.1, 0.15) is 0 Å². The molecule has 0 atom stereocenters. The first-order valence-electron chi connectivity index (χ1n) is 2.33. The maximum Gasteiger partial charge on any atom is 0.154 e. The second kappa shape index (κ2) is 2.72. The van der Waals surface area contributed by atoms with Crippen molar-refractivity contribution in [1.29, 1.82) is 0 Å². The van der Waals surface area contributed by atoms with Gasteiger partial charge in [-0.2, -0.15) is 0 Å². The summed E-state index contributed by atoms with van der Waals surface area (Å²) in [4.78, 5) is 0. The molecule has 1 rings (SSSR count). The van der Waals surface area contributed by atoms with Crippen molar-refractivity contribution in [3.05, 3.63) is 33.8 Å². The summed E-state index contributed by atoms with van der Waals surface area (Å²) in [5, 5.41) is -0.705. The van der Waals surface area contributed by atoms with E-state index >= 15 is 0 Å². The number of hydrogen-bond acceptors (Lipinski definition) is 0. The fourth-order valence-corrected chi connectivity index (χ4v) is 0.756. The van der Waals surface area contributed by atoms with E-state index in [4.69, 9.17) is 23.2 Å². The van der Waals surface area contributed by atoms with Crippen LogP contribution in [0.3, 0.4) is 0 Å². The number of rotatable bonds is 0. The highest BCUT2D eigenvalue weighted by Crippen LogP contribution is 2.21. The molecule has 0 saturated carbocycles. The third kappa shape index (κ3) is 1.39. The molecule has 0 spiro atoms.